The number of carbonyl (C=O) groups excluding carboxylic acids is 1. The molecular formula is C13H25KN2OS2. The first-order valence-corrected chi connectivity index (χ1v) is 7.74. The summed E-state index contributed by atoms with van der Waals surface area (Å²) < 4.78 is 0.176. The molecule has 0 heterocycles. The van der Waals surface area contributed by atoms with Gasteiger partial charge < -0.3 is 30.3 Å². The second-order valence-corrected chi connectivity index (χ2v) is 5.61. The van der Waals surface area contributed by atoms with Gasteiger partial charge in [-0.3, -0.25) is 10.2 Å². The van der Waals surface area contributed by atoms with E-state index in [-0.39, 0.29) is 61.6 Å². The van der Waals surface area contributed by atoms with E-state index in [0.717, 1.165) is 12.8 Å². The van der Waals surface area contributed by atoms with Crippen molar-refractivity contribution < 1.29 is 56.2 Å². The van der Waals surface area contributed by atoms with Gasteiger partial charge in [-0.1, -0.05) is 58.3 Å². The van der Waals surface area contributed by atoms with E-state index in [4.69, 9.17) is 0 Å². The van der Waals surface area contributed by atoms with Crippen LogP contribution in [-0.4, -0.2) is 10.2 Å². The average molecular weight is 329 g/mol. The topological polar surface area (TPSA) is 41.1 Å². The normalized spacial score (nSPS) is 9.53. The number of unbranched alkanes of at least 4 members (excludes halogenated alkanes) is 8. The number of hydrazine groups is 1. The number of rotatable bonds is 10. The number of thiocarbonyl (C=S) groups is 1. The summed E-state index contributed by atoms with van der Waals surface area (Å²) in [7, 11) is 0. The Morgan fingerprint density at radius 3 is 1.89 bits per heavy atom. The zero-order valence-corrected chi connectivity index (χ0v) is 17.1. The SMILES string of the molecule is CCCCCCCCCCCC(=O)NNC(=S)[S-].[K+]. The molecule has 1 amide bonds. The van der Waals surface area contributed by atoms with Crippen molar-refractivity contribution in [2.24, 2.45) is 0 Å². The van der Waals surface area contributed by atoms with Gasteiger partial charge in [-0.25, -0.2) is 0 Å². The molecule has 0 aliphatic carbocycles. The monoisotopic (exact) mass is 328 g/mol. The molecule has 0 aromatic rings. The summed E-state index contributed by atoms with van der Waals surface area (Å²) in [6.45, 7) is 2.23. The fraction of sp³-hybridized carbons (Fsp3) is 0.846. The van der Waals surface area contributed by atoms with Crippen molar-refractivity contribution in [2.45, 2.75) is 71.1 Å². The molecule has 0 saturated carbocycles. The van der Waals surface area contributed by atoms with Crippen molar-refractivity contribution in [3.8, 4) is 0 Å². The Kier molecular flexibility index (Phi) is 20.4. The first kappa shape index (κ1) is 22.5. The van der Waals surface area contributed by atoms with Gasteiger partial charge in [0.25, 0.3) is 0 Å². The van der Waals surface area contributed by atoms with Crippen molar-refractivity contribution in [1.82, 2.24) is 10.9 Å². The van der Waals surface area contributed by atoms with Crippen LogP contribution in [0.15, 0.2) is 0 Å². The van der Waals surface area contributed by atoms with E-state index < -0.39 is 0 Å². The predicted molar refractivity (Wildman–Crippen MR) is 83.1 cm³/mol. The Morgan fingerprint density at radius 2 is 1.42 bits per heavy atom. The smallest absolute Gasteiger partial charge is 0.410 e. The second-order valence-electron chi connectivity index (χ2n) is 4.54. The summed E-state index contributed by atoms with van der Waals surface area (Å²) in [5, 5.41) is 0. The third kappa shape index (κ3) is 19.2. The largest absolute Gasteiger partial charge is 1.00 e. The Balaban J connectivity index is 0. The van der Waals surface area contributed by atoms with Crippen LogP contribution in [0.25, 0.3) is 0 Å². The van der Waals surface area contributed by atoms with Gasteiger partial charge in [0, 0.05) is 6.42 Å². The molecule has 0 aliphatic heterocycles. The quantitative estimate of drug-likeness (QED) is 0.200. The van der Waals surface area contributed by atoms with Crippen molar-refractivity contribution in [3.05, 3.63) is 0 Å². The van der Waals surface area contributed by atoms with Gasteiger partial charge >= 0.3 is 51.4 Å². The zero-order chi connectivity index (χ0) is 13.6. The van der Waals surface area contributed by atoms with Gasteiger partial charge in [-0.05, 0) is 10.7 Å². The van der Waals surface area contributed by atoms with E-state index >= 15 is 0 Å². The molecule has 0 aromatic heterocycles. The summed E-state index contributed by atoms with van der Waals surface area (Å²) in [6.07, 6.45) is 11.8. The molecule has 0 atom stereocenters. The molecular weight excluding hydrogens is 303 g/mol. The molecule has 0 spiro atoms. The van der Waals surface area contributed by atoms with E-state index in [9.17, 15) is 4.79 Å². The molecule has 0 rings (SSSR count). The number of amides is 1. The third-order valence-corrected chi connectivity index (χ3v) is 3.02. The van der Waals surface area contributed by atoms with Crippen molar-refractivity contribution in [3.63, 3.8) is 0 Å². The minimum atomic E-state index is -0.0369. The van der Waals surface area contributed by atoms with E-state index in [1.54, 1.807) is 0 Å². The van der Waals surface area contributed by atoms with Gasteiger partial charge in [-0.2, -0.15) is 0 Å². The van der Waals surface area contributed by atoms with Crippen LogP contribution in [0, 0.1) is 0 Å². The standard InChI is InChI=1S/C13H26N2OS2.K/c1-2-3-4-5-6-7-8-9-10-11-12(16)14-15-13(17)18;/h2-11H2,1H3,(H,14,16)(H2,15,17,18);/q;+1/p-1. The van der Waals surface area contributed by atoms with Gasteiger partial charge in [0.1, 0.15) is 0 Å². The minimum absolute atomic E-state index is 0. The van der Waals surface area contributed by atoms with Crippen molar-refractivity contribution in [1.29, 1.82) is 0 Å². The first-order chi connectivity index (χ1) is 8.66. The molecule has 0 unspecified atom stereocenters. The molecule has 106 valence electrons. The summed E-state index contributed by atoms with van der Waals surface area (Å²) in [5.74, 6) is -0.0369. The maximum absolute atomic E-state index is 11.3. The number of nitrogens with one attached hydrogen (secondary N) is 2. The van der Waals surface area contributed by atoms with Crippen LogP contribution in [-0.2, 0) is 17.4 Å². The van der Waals surface area contributed by atoms with E-state index in [1.165, 1.54) is 44.9 Å². The van der Waals surface area contributed by atoms with Crippen molar-refractivity contribution in [2.75, 3.05) is 0 Å². The van der Waals surface area contributed by atoms with Crippen LogP contribution < -0.4 is 62.2 Å². The zero-order valence-electron chi connectivity index (χ0n) is 12.3. The number of carbonyl (C=O) groups is 1. The summed E-state index contributed by atoms with van der Waals surface area (Å²) in [4.78, 5) is 11.3. The van der Waals surface area contributed by atoms with E-state index in [2.05, 4.69) is 42.6 Å². The Hall–Kier alpha value is 1.22. The number of hydrogen-bond acceptors (Lipinski definition) is 3. The Morgan fingerprint density at radius 1 is 0.947 bits per heavy atom. The van der Waals surface area contributed by atoms with Crippen LogP contribution in [0.3, 0.4) is 0 Å². The molecule has 6 heteroatoms. The molecule has 0 aromatic carbocycles. The molecule has 2 N–H and O–H groups in total. The molecule has 3 nitrogen and oxygen atoms in total. The predicted octanol–water partition coefficient (Wildman–Crippen LogP) is 0.364. The van der Waals surface area contributed by atoms with Gasteiger partial charge in [-0.15, -0.1) is 0 Å². The molecule has 0 radical (unpaired) electrons. The summed E-state index contributed by atoms with van der Waals surface area (Å²) in [6, 6.07) is 0. The second kappa shape index (κ2) is 17.3. The molecule has 19 heavy (non-hydrogen) atoms. The first-order valence-electron chi connectivity index (χ1n) is 6.92. The minimum Gasteiger partial charge on any atom is -0.410 e. The van der Waals surface area contributed by atoms with E-state index in [1.807, 2.05) is 0 Å². The molecule has 0 saturated heterocycles. The number of hydrogen-bond donors (Lipinski definition) is 2. The van der Waals surface area contributed by atoms with Gasteiger partial charge in [0.15, 0.2) is 0 Å². The van der Waals surface area contributed by atoms with Crippen LogP contribution in [0.5, 0.6) is 0 Å². The van der Waals surface area contributed by atoms with Crippen LogP contribution >= 0.6 is 12.2 Å². The third-order valence-electron chi connectivity index (χ3n) is 2.81. The molecule has 0 aliphatic rings. The fourth-order valence-corrected chi connectivity index (χ4v) is 1.88. The van der Waals surface area contributed by atoms with Crippen LogP contribution in [0.2, 0.25) is 0 Å². The maximum atomic E-state index is 11.3. The Labute approximate surface area is 171 Å². The molecule has 0 bridgehead atoms. The van der Waals surface area contributed by atoms with Crippen LogP contribution in [0.4, 0.5) is 0 Å². The van der Waals surface area contributed by atoms with Crippen LogP contribution in [0.1, 0.15) is 71.1 Å². The van der Waals surface area contributed by atoms with Gasteiger partial charge in [0.2, 0.25) is 5.91 Å². The molecule has 0 fully saturated rings. The Bertz CT molecular complexity index is 241. The average Bonchev–Trinajstić information content (AvgIpc) is 2.34. The van der Waals surface area contributed by atoms with Gasteiger partial charge in [0.05, 0.1) is 0 Å². The van der Waals surface area contributed by atoms with E-state index in [0.29, 0.717) is 6.42 Å². The van der Waals surface area contributed by atoms with Crippen molar-refractivity contribution >= 4 is 35.1 Å². The fourth-order valence-electron chi connectivity index (χ4n) is 1.78. The summed E-state index contributed by atoms with van der Waals surface area (Å²) >= 11 is 9.23. The summed E-state index contributed by atoms with van der Waals surface area (Å²) in [5.41, 5.74) is 4.95. The maximum Gasteiger partial charge on any atom is 1.00 e.